The van der Waals surface area contributed by atoms with Gasteiger partial charge in [0.1, 0.15) is 0 Å². The zero-order valence-corrected chi connectivity index (χ0v) is 13.8. The number of hydrogen-bond acceptors (Lipinski definition) is 5. The summed E-state index contributed by atoms with van der Waals surface area (Å²) < 4.78 is 4.85. The average Bonchev–Trinajstić information content (AvgIpc) is 2.57. The van der Waals surface area contributed by atoms with E-state index in [-0.39, 0.29) is 17.7 Å². The molecular weight excluding hydrogens is 308 g/mol. The number of ether oxygens (including phenoxy) is 1. The van der Waals surface area contributed by atoms with Crippen LogP contribution in [0.1, 0.15) is 37.9 Å². The summed E-state index contributed by atoms with van der Waals surface area (Å²) in [6.45, 7) is 3.84. The molecule has 0 aromatic heterocycles. The van der Waals surface area contributed by atoms with E-state index in [0.717, 1.165) is 12.8 Å². The molecule has 7 heteroatoms. The third-order valence-corrected chi connectivity index (χ3v) is 3.76. The van der Waals surface area contributed by atoms with E-state index in [0.29, 0.717) is 18.5 Å². The number of rotatable bonds is 11. The number of guanidine groups is 1. The summed E-state index contributed by atoms with van der Waals surface area (Å²) in [6, 6.07) is 7.94. The van der Waals surface area contributed by atoms with Crippen molar-refractivity contribution in [2.75, 3.05) is 6.54 Å². The minimum absolute atomic E-state index is 0.0921. The number of carbonyl (C=O) groups is 1. The molecule has 0 spiro atoms. The molecular formula is C17H25N4O3. The highest BCUT2D eigenvalue weighted by molar-refractivity contribution is 5.89. The Morgan fingerprint density at radius 3 is 2.58 bits per heavy atom. The van der Waals surface area contributed by atoms with Gasteiger partial charge in [0, 0.05) is 12.1 Å². The van der Waals surface area contributed by atoms with Crippen LogP contribution in [0.5, 0.6) is 0 Å². The molecule has 0 heterocycles. The molecule has 3 atom stereocenters. The van der Waals surface area contributed by atoms with Gasteiger partial charge in [-0.05, 0) is 18.8 Å². The number of carbonyl (C=O) groups excluding carboxylic acids is 2. The first-order chi connectivity index (χ1) is 11.5. The summed E-state index contributed by atoms with van der Waals surface area (Å²) in [5.74, 6) is -0.389. The minimum Gasteiger partial charge on any atom is -0.441 e. The van der Waals surface area contributed by atoms with Crippen LogP contribution >= 0.6 is 0 Å². The van der Waals surface area contributed by atoms with Crippen LogP contribution in [0.2, 0.25) is 0 Å². The normalized spacial score (nSPS) is 14.2. The number of nitrogens with two attached hydrogens (primary N) is 2. The lowest BCUT2D eigenvalue weighted by atomic mass is 9.90. The summed E-state index contributed by atoms with van der Waals surface area (Å²) in [7, 11) is 0. The summed E-state index contributed by atoms with van der Waals surface area (Å²) in [4.78, 5) is 23.2. The standard InChI is InChI=1S/C17H25N4O3/c1-2-6-12(10-21-17(19)20)9-14(18)15(23)16(24-11-22)13-7-4-3-5-8-13/h3-5,7-8,12,14,16H,2,6,9-10,18H2,1H3,(H4,19,20,21)/t12?,14-,16?/m0/s1. The van der Waals surface area contributed by atoms with Gasteiger partial charge in [-0.2, -0.15) is 0 Å². The Bertz CT molecular complexity index is 536. The maximum atomic E-state index is 12.6. The van der Waals surface area contributed by atoms with E-state index >= 15 is 0 Å². The van der Waals surface area contributed by atoms with E-state index < -0.39 is 12.1 Å². The number of Topliss-reactive ketones (excluding diaryl/α,β-unsaturated/α-hetero) is 1. The second kappa shape index (κ2) is 10.4. The van der Waals surface area contributed by atoms with Crippen molar-refractivity contribution < 1.29 is 14.3 Å². The predicted molar refractivity (Wildman–Crippen MR) is 91.9 cm³/mol. The van der Waals surface area contributed by atoms with Crippen molar-refractivity contribution in [3.05, 3.63) is 35.9 Å². The van der Waals surface area contributed by atoms with Crippen LogP contribution in [0.4, 0.5) is 0 Å². The molecule has 0 aliphatic rings. The first-order valence-corrected chi connectivity index (χ1v) is 7.94. The van der Waals surface area contributed by atoms with Crippen molar-refractivity contribution in [3.8, 4) is 0 Å². The van der Waals surface area contributed by atoms with Crippen LogP contribution in [0.25, 0.3) is 0 Å². The smallest absolute Gasteiger partial charge is 0.418 e. The molecule has 0 aliphatic heterocycles. The van der Waals surface area contributed by atoms with Gasteiger partial charge in [-0.15, -0.1) is 0 Å². The van der Waals surface area contributed by atoms with Gasteiger partial charge in [-0.1, -0.05) is 43.7 Å². The van der Waals surface area contributed by atoms with Gasteiger partial charge < -0.3 is 21.5 Å². The Morgan fingerprint density at radius 1 is 1.38 bits per heavy atom. The average molecular weight is 333 g/mol. The van der Waals surface area contributed by atoms with Crippen LogP contribution in [0.15, 0.2) is 30.3 Å². The second-order valence-corrected chi connectivity index (χ2v) is 5.69. The van der Waals surface area contributed by atoms with Crippen LogP contribution in [0, 0.1) is 11.3 Å². The summed E-state index contributed by atoms with van der Waals surface area (Å²) in [5.41, 5.74) is 11.9. The number of ketones is 1. The number of nitrogens with one attached hydrogen (secondary N) is 2. The third-order valence-electron chi connectivity index (χ3n) is 3.76. The predicted octanol–water partition coefficient (Wildman–Crippen LogP) is 0.997. The molecule has 1 aromatic carbocycles. The molecule has 131 valence electrons. The lowest BCUT2D eigenvalue weighted by Crippen LogP contribution is -2.40. The Labute approximate surface area is 142 Å². The molecule has 1 radical (unpaired) electrons. The van der Waals surface area contributed by atoms with Crippen LogP contribution in [0.3, 0.4) is 0 Å². The fraction of sp³-hybridized carbons (Fsp3) is 0.471. The molecule has 0 fully saturated rings. The topological polar surface area (TPSA) is 131 Å². The summed E-state index contributed by atoms with van der Waals surface area (Å²) in [6.07, 6.45) is 1.13. The molecule has 24 heavy (non-hydrogen) atoms. The van der Waals surface area contributed by atoms with E-state index in [9.17, 15) is 9.59 Å². The van der Waals surface area contributed by atoms with Crippen molar-refractivity contribution in [3.63, 3.8) is 0 Å². The van der Waals surface area contributed by atoms with Crippen molar-refractivity contribution in [2.45, 2.75) is 38.3 Å². The molecule has 1 aromatic rings. The molecule has 0 amide bonds. The first kappa shape index (κ1) is 19.6. The molecule has 0 saturated carbocycles. The Kier molecular flexibility index (Phi) is 8.49. The largest absolute Gasteiger partial charge is 0.441 e. The molecule has 2 unspecified atom stereocenters. The van der Waals surface area contributed by atoms with E-state index in [1.807, 2.05) is 6.92 Å². The third kappa shape index (κ3) is 6.37. The first-order valence-electron chi connectivity index (χ1n) is 7.94. The number of hydrogen-bond donors (Lipinski definition) is 4. The van der Waals surface area contributed by atoms with Gasteiger partial charge in [-0.25, -0.2) is 4.79 Å². The quantitative estimate of drug-likeness (QED) is 0.353. The van der Waals surface area contributed by atoms with Crippen molar-refractivity contribution in [1.29, 1.82) is 5.41 Å². The van der Waals surface area contributed by atoms with Crippen molar-refractivity contribution in [2.24, 2.45) is 17.4 Å². The second-order valence-electron chi connectivity index (χ2n) is 5.69. The molecule has 7 nitrogen and oxygen atoms in total. The fourth-order valence-electron chi connectivity index (χ4n) is 2.60. The highest BCUT2D eigenvalue weighted by atomic mass is 16.5. The van der Waals surface area contributed by atoms with Crippen LogP contribution < -0.4 is 16.8 Å². The Balaban J connectivity index is 2.77. The van der Waals surface area contributed by atoms with E-state index in [2.05, 4.69) is 5.32 Å². The van der Waals surface area contributed by atoms with Gasteiger partial charge >= 0.3 is 6.47 Å². The van der Waals surface area contributed by atoms with Gasteiger partial charge in [-0.3, -0.25) is 10.2 Å². The zero-order chi connectivity index (χ0) is 17.9. The molecule has 0 saturated heterocycles. The van der Waals surface area contributed by atoms with E-state index in [1.165, 1.54) is 6.47 Å². The highest BCUT2D eigenvalue weighted by Crippen LogP contribution is 2.22. The SMILES string of the molecule is CCCC(CNC(=N)N)C[C@H](N)C(=O)C(O[C]=O)c1ccccc1. The molecule has 0 aliphatic carbocycles. The highest BCUT2D eigenvalue weighted by Gasteiger charge is 2.29. The van der Waals surface area contributed by atoms with Crippen LogP contribution in [-0.4, -0.2) is 30.8 Å². The molecule has 1 rings (SSSR count). The maximum Gasteiger partial charge on any atom is 0.418 e. The van der Waals surface area contributed by atoms with E-state index in [4.69, 9.17) is 21.6 Å². The Morgan fingerprint density at radius 2 is 2.04 bits per heavy atom. The molecule has 0 bridgehead atoms. The number of benzene rings is 1. The van der Waals surface area contributed by atoms with Crippen molar-refractivity contribution >= 4 is 18.2 Å². The van der Waals surface area contributed by atoms with Gasteiger partial charge in [0.25, 0.3) is 0 Å². The van der Waals surface area contributed by atoms with Gasteiger partial charge in [0.2, 0.25) is 0 Å². The fourth-order valence-corrected chi connectivity index (χ4v) is 2.60. The van der Waals surface area contributed by atoms with Crippen molar-refractivity contribution in [1.82, 2.24) is 5.32 Å². The zero-order valence-electron chi connectivity index (χ0n) is 13.8. The maximum absolute atomic E-state index is 12.6. The minimum atomic E-state index is -1.05. The van der Waals surface area contributed by atoms with Gasteiger partial charge in [0.15, 0.2) is 17.8 Å². The monoisotopic (exact) mass is 333 g/mol. The lowest BCUT2D eigenvalue weighted by molar-refractivity contribution is -0.128. The summed E-state index contributed by atoms with van der Waals surface area (Å²) >= 11 is 0. The van der Waals surface area contributed by atoms with E-state index in [1.54, 1.807) is 30.3 Å². The summed E-state index contributed by atoms with van der Waals surface area (Å²) in [5, 5.41) is 9.99. The van der Waals surface area contributed by atoms with Gasteiger partial charge in [0.05, 0.1) is 6.04 Å². The molecule has 6 N–H and O–H groups in total. The Hall–Kier alpha value is -2.41. The van der Waals surface area contributed by atoms with Crippen LogP contribution in [-0.2, 0) is 14.3 Å². The lowest BCUT2D eigenvalue weighted by Gasteiger charge is -2.23.